The van der Waals surface area contributed by atoms with Crippen molar-refractivity contribution in [3.63, 3.8) is 0 Å². The van der Waals surface area contributed by atoms with Gasteiger partial charge in [0.05, 0.1) is 10.9 Å². The number of carbonyl (C=O) groups is 1. The van der Waals surface area contributed by atoms with Gasteiger partial charge in [-0.1, -0.05) is 6.92 Å². The molecule has 1 amide bonds. The zero-order valence-corrected chi connectivity index (χ0v) is 18.7. The van der Waals surface area contributed by atoms with Gasteiger partial charge in [-0.25, -0.2) is 4.98 Å². The van der Waals surface area contributed by atoms with E-state index in [2.05, 4.69) is 41.7 Å². The van der Waals surface area contributed by atoms with Crippen LogP contribution in [0.15, 0.2) is 18.5 Å². The summed E-state index contributed by atoms with van der Waals surface area (Å²) in [5, 5.41) is 12.0. The molecule has 0 aliphatic carbocycles. The van der Waals surface area contributed by atoms with Crippen LogP contribution >= 0.6 is 22.7 Å². The summed E-state index contributed by atoms with van der Waals surface area (Å²) in [6.45, 7) is 8.09. The third kappa shape index (κ3) is 4.35. The molecule has 0 saturated heterocycles. The first-order chi connectivity index (χ1) is 14.1. The first kappa shape index (κ1) is 20.4. The van der Waals surface area contributed by atoms with Gasteiger partial charge in [0, 0.05) is 41.7 Å². The van der Waals surface area contributed by atoms with E-state index in [1.165, 1.54) is 10.4 Å². The Hall–Kier alpha value is -1.87. The summed E-state index contributed by atoms with van der Waals surface area (Å²) in [5.41, 5.74) is 3.33. The molecule has 0 radical (unpaired) electrons. The van der Waals surface area contributed by atoms with Crippen molar-refractivity contribution in [1.29, 1.82) is 0 Å². The fourth-order valence-corrected chi connectivity index (χ4v) is 5.92. The average molecular weight is 430 g/mol. The molecule has 0 saturated carbocycles. The number of pyridine rings is 1. The molecule has 0 aromatic carbocycles. The number of nitrogens with zero attached hydrogens (tertiary/aromatic N) is 2. The summed E-state index contributed by atoms with van der Waals surface area (Å²) in [5.74, 6) is 0.0454. The minimum absolute atomic E-state index is 0.0454. The number of rotatable bonds is 7. The van der Waals surface area contributed by atoms with Crippen LogP contribution in [0.5, 0.6) is 0 Å². The largest absolute Gasteiger partial charge is 0.317 e. The van der Waals surface area contributed by atoms with E-state index >= 15 is 0 Å². The minimum Gasteiger partial charge on any atom is -0.317 e. The summed E-state index contributed by atoms with van der Waals surface area (Å²) in [6.07, 6.45) is 6.07. The standard InChI is InChI=1S/C21H27N5OS2/c1-4-12(2)23-10-7-17(27)26-21-18(14-5-9-24-13(3)19(14)29-21)20-25-15-11-22-8-6-16(15)28-20/h6,8,11-13,23-24H,4-5,7,9-10H2,1-3H3,(H,26,27)/t12-,13?/m0/s1. The number of nitrogens with one attached hydrogen (secondary N) is 3. The van der Waals surface area contributed by atoms with Gasteiger partial charge in [0.15, 0.2) is 0 Å². The van der Waals surface area contributed by atoms with E-state index in [0.29, 0.717) is 19.0 Å². The number of hydrogen-bond donors (Lipinski definition) is 3. The molecule has 1 aliphatic heterocycles. The van der Waals surface area contributed by atoms with E-state index in [4.69, 9.17) is 4.98 Å². The van der Waals surface area contributed by atoms with Crippen molar-refractivity contribution in [3.8, 4) is 10.6 Å². The molecule has 29 heavy (non-hydrogen) atoms. The SMILES string of the molecule is CC[C@H](C)NCCC(=O)Nc1sc2c(c1-c1nc3cnccc3s1)CCNC2C. The highest BCUT2D eigenvalue weighted by Gasteiger charge is 2.28. The van der Waals surface area contributed by atoms with E-state index in [-0.39, 0.29) is 11.9 Å². The number of carbonyl (C=O) groups excluding carboxylic acids is 1. The van der Waals surface area contributed by atoms with Gasteiger partial charge in [-0.05, 0) is 44.9 Å². The summed E-state index contributed by atoms with van der Waals surface area (Å²) < 4.78 is 1.12. The van der Waals surface area contributed by atoms with Crippen LogP contribution < -0.4 is 16.0 Å². The normalized spacial score (nSPS) is 17.3. The molecule has 6 nitrogen and oxygen atoms in total. The summed E-state index contributed by atoms with van der Waals surface area (Å²) in [7, 11) is 0. The molecule has 1 unspecified atom stereocenters. The number of hydrogen-bond acceptors (Lipinski definition) is 7. The molecule has 2 atom stereocenters. The van der Waals surface area contributed by atoms with Gasteiger partial charge in [0.2, 0.25) is 5.91 Å². The van der Waals surface area contributed by atoms with Crippen molar-refractivity contribution in [1.82, 2.24) is 20.6 Å². The molecule has 0 bridgehead atoms. The van der Waals surface area contributed by atoms with Crippen LogP contribution in [0.4, 0.5) is 5.00 Å². The Morgan fingerprint density at radius 1 is 1.41 bits per heavy atom. The van der Waals surface area contributed by atoms with Crippen LogP contribution in [-0.2, 0) is 11.2 Å². The maximum Gasteiger partial charge on any atom is 0.226 e. The van der Waals surface area contributed by atoms with Crippen LogP contribution in [-0.4, -0.2) is 35.0 Å². The molecule has 3 aromatic rings. The van der Waals surface area contributed by atoms with Crippen LogP contribution in [0.25, 0.3) is 20.8 Å². The van der Waals surface area contributed by atoms with Crippen molar-refractivity contribution in [2.24, 2.45) is 0 Å². The molecule has 0 fully saturated rings. The lowest BCUT2D eigenvalue weighted by Gasteiger charge is -2.20. The smallest absolute Gasteiger partial charge is 0.226 e. The number of amides is 1. The second-order valence-electron chi connectivity index (χ2n) is 7.50. The number of thiazole rings is 1. The van der Waals surface area contributed by atoms with Crippen molar-refractivity contribution in [3.05, 3.63) is 28.9 Å². The molecular formula is C21H27N5OS2. The van der Waals surface area contributed by atoms with Gasteiger partial charge < -0.3 is 16.0 Å². The highest BCUT2D eigenvalue weighted by molar-refractivity contribution is 7.23. The lowest BCUT2D eigenvalue weighted by Crippen LogP contribution is -2.28. The van der Waals surface area contributed by atoms with E-state index in [1.54, 1.807) is 35.1 Å². The lowest BCUT2D eigenvalue weighted by atomic mass is 10.0. The maximum atomic E-state index is 12.6. The number of fused-ring (bicyclic) bond motifs is 2. The molecule has 1 aliphatic rings. The molecule has 8 heteroatoms. The Labute approximate surface area is 179 Å². The van der Waals surface area contributed by atoms with Gasteiger partial charge in [0.25, 0.3) is 0 Å². The molecular weight excluding hydrogens is 402 g/mol. The van der Waals surface area contributed by atoms with Crippen LogP contribution in [0.2, 0.25) is 0 Å². The van der Waals surface area contributed by atoms with Gasteiger partial charge >= 0.3 is 0 Å². The summed E-state index contributed by atoms with van der Waals surface area (Å²) in [4.78, 5) is 23.0. The minimum atomic E-state index is 0.0454. The Morgan fingerprint density at radius 3 is 3.07 bits per heavy atom. The third-order valence-corrected chi connectivity index (χ3v) is 7.76. The van der Waals surface area contributed by atoms with Gasteiger partial charge in [-0.15, -0.1) is 22.7 Å². The molecule has 3 N–H and O–H groups in total. The van der Waals surface area contributed by atoms with Crippen LogP contribution in [0.3, 0.4) is 0 Å². The quantitative estimate of drug-likeness (QED) is 0.521. The fourth-order valence-electron chi connectivity index (χ4n) is 3.55. The van der Waals surface area contributed by atoms with E-state index < -0.39 is 0 Å². The average Bonchev–Trinajstić information content (AvgIpc) is 3.29. The van der Waals surface area contributed by atoms with Crippen molar-refractivity contribution < 1.29 is 4.79 Å². The second-order valence-corrected chi connectivity index (χ2v) is 9.58. The Kier molecular flexibility index (Phi) is 6.24. The highest BCUT2D eigenvalue weighted by Crippen LogP contribution is 2.46. The summed E-state index contributed by atoms with van der Waals surface area (Å²) >= 11 is 3.35. The van der Waals surface area contributed by atoms with Crippen molar-refractivity contribution in [2.75, 3.05) is 18.4 Å². The Bertz CT molecular complexity index is 979. The number of anilines is 1. The van der Waals surface area contributed by atoms with Crippen molar-refractivity contribution >= 4 is 43.8 Å². The topological polar surface area (TPSA) is 78.9 Å². The number of aromatic nitrogens is 2. The van der Waals surface area contributed by atoms with Crippen LogP contribution in [0, 0.1) is 0 Å². The predicted octanol–water partition coefficient (Wildman–Crippen LogP) is 4.34. The maximum absolute atomic E-state index is 12.6. The van der Waals surface area contributed by atoms with Crippen LogP contribution in [0.1, 0.15) is 50.1 Å². The Morgan fingerprint density at radius 2 is 2.28 bits per heavy atom. The first-order valence-electron chi connectivity index (χ1n) is 10.2. The van der Waals surface area contributed by atoms with Gasteiger partial charge in [-0.2, -0.15) is 0 Å². The second kappa shape index (κ2) is 8.87. The van der Waals surface area contributed by atoms with E-state index in [0.717, 1.165) is 45.2 Å². The Balaban J connectivity index is 1.64. The van der Waals surface area contributed by atoms with Gasteiger partial charge in [0.1, 0.15) is 15.5 Å². The molecule has 154 valence electrons. The molecule has 4 rings (SSSR count). The fraction of sp³-hybridized carbons (Fsp3) is 0.476. The predicted molar refractivity (Wildman–Crippen MR) is 122 cm³/mol. The zero-order chi connectivity index (χ0) is 20.4. The van der Waals surface area contributed by atoms with Crippen molar-refractivity contribution in [2.45, 2.75) is 52.1 Å². The molecule has 3 aromatic heterocycles. The molecule has 0 spiro atoms. The van der Waals surface area contributed by atoms with E-state index in [9.17, 15) is 4.79 Å². The lowest BCUT2D eigenvalue weighted by molar-refractivity contribution is -0.116. The number of thiophene rings is 1. The third-order valence-electron chi connectivity index (χ3n) is 5.37. The van der Waals surface area contributed by atoms with Gasteiger partial charge in [-0.3, -0.25) is 9.78 Å². The monoisotopic (exact) mass is 429 g/mol. The highest BCUT2D eigenvalue weighted by atomic mass is 32.1. The summed E-state index contributed by atoms with van der Waals surface area (Å²) in [6, 6.07) is 2.71. The zero-order valence-electron chi connectivity index (χ0n) is 17.0. The first-order valence-corrected chi connectivity index (χ1v) is 11.8. The van der Waals surface area contributed by atoms with E-state index in [1.807, 2.05) is 6.07 Å². The molecule has 4 heterocycles.